The summed E-state index contributed by atoms with van der Waals surface area (Å²) in [6, 6.07) is 0. The molecule has 0 saturated heterocycles. The van der Waals surface area contributed by atoms with Gasteiger partial charge in [0.25, 0.3) is 0 Å². The van der Waals surface area contributed by atoms with E-state index in [1.54, 1.807) is 0 Å². The van der Waals surface area contributed by atoms with Gasteiger partial charge in [0.15, 0.2) is 6.10 Å². The van der Waals surface area contributed by atoms with Crippen molar-refractivity contribution in [3.8, 4) is 0 Å². The minimum Gasteiger partial charge on any atom is -0.462 e. The summed E-state index contributed by atoms with van der Waals surface area (Å²) < 4.78 is 17.5. The number of ether oxygens (including phenoxy) is 3. The minimum atomic E-state index is -0.555. The summed E-state index contributed by atoms with van der Waals surface area (Å²) in [5.41, 5.74) is 0. The smallest absolute Gasteiger partial charge is 0.306 e. The molecule has 0 aliphatic carbocycles. The third kappa shape index (κ3) is 55.7. The highest BCUT2D eigenvalue weighted by atomic mass is 16.6. The largest absolute Gasteiger partial charge is 0.462 e. The molecule has 1 unspecified atom stereocenters. The van der Waals surface area contributed by atoms with E-state index in [9.17, 15) is 9.59 Å². The van der Waals surface area contributed by atoms with Gasteiger partial charge in [-0.15, -0.1) is 0 Å². The van der Waals surface area contributed by atoms with Gasteiger partial charge in [-0.1, -0.05) is 234 Å². The summed E-state index contributed by atoms with van der Waals surface area (Å²) in [6.45, 7) is 7.69. The molecule has 0 aliphatic heterocycles. The van der Waals surface area contributed by atoms with E-state index in [4.69, 9.17) is 14.2 Å². The Labute approximate surface area is 422 Å². The van der Waals surface area contributed by atoms with Gasteiger partial charge in [-0.05, 0) is 116 Å². The SMILES string of the molecule is CCC/C=C\C/C=C\CCCCCCCC(=O)OC(COCCCCCCCCC/C=C\C/C=C\C/C=C\CCCCC)COC(=O)CCCCCCCCCCC/C=C\C/C=C\CCCCC. The highest BCUT2D eigenvalue weighted by Gasteiger charge is 2.17. The van der Waals surface area contributed by atoms with Crippen molar-refractivity contribution >= 4 is 11.9 Å². The van der Waals surface area contributed by atoms with Crippen LogP contribution in [0.25, 0.3) is 0 Å². The molecule has 0 bridgehead atoms. The maximum absolute atomic E-state index is 12.8. The van der Waals surface area contributed by atoms with Crippen molar-refractivity contribution in [2.75, 3.05) is 19.8 Å². The second-order valence-corrected chi connectivity index (χ2v) is 19.2. The number of carbonyl (C=O) groups is 2. The molecular formula is C63H110O5. The standard InChI is InChI=1S/C63H110O5/c1-4-7-10-13-16-19-22-25-27-29-31-33-35-37-40-43-46-49-52-55-58-66-59-61(68-63(65)57-54-51-48-45-42-38-24-21-18-15-12-9-6-3)60-67-62(64)56-53-50-47-44-41-39-36-34-32-30-28-26-23-20-17-14-11-8-5-2/h12,15-17,19-21,24-28,31,33,61H,4-11,13-14,18,22-23,29-30,32,34-60H2,1-3H3/b15-12-,19-16-,20-17-,24-21-,27-25-,28-26-,33-31-. The molecule has 0 aromatic heterocycles. The average molecular weight is 948 g/mol. The van der Waals surface area contributed by atoms with Gasteiger partial charge in [0.2, 0.25) is 0 Å². The molecule has 1 atom stereocenters. The van der Waals surface area contributed by atoms with Crippen molar-refractivity contribution in [3.63, 3.8) is 0 Å². The predicted molar refractivity (Wildman–Crippen MR) is 297 cm³/mol. The van der Waals surface area contributed by atoms with Crippen LogP contribution in [0.3, 0.4) is 0 Å². The van der Waals surface area contributed by atoms with E-state index in [1.807, 2.05) is 0 Å². The second kappa shape index (κ2) is 58.4. The number of esters is 2. The molecule has 0 amide bonds. The van der Waals surface area contributed by atoms with Gasteiger partial charge in [-0.25, -0.2) is 0 Å². The highest BCUT2D eigenvalue weighted by molar-refractivity contribution is 5.70. The van der Waals surface area contributed by atoms with Crippen LogP contribution in [0.15, 0.2) is 85.1 Å². The molecule has 0 fully saturated rings. The Balaban J connectivity index is 4.28. The van der Waals surface area contributed by atoms with Crippen LogP contribution in [0.4, 0.5) is 0 Å². The van der Waals surface area contributed by atoms with Gasteiger partial charge < -0.3 is 14.2 Å². The van der Waals surface area contributed by atoms with Crippen molar-refractivity contribution in [1.82, 2.24) is 0 Å². The number of allylic oxidation sites excluding steroid dienone is 14. The normalized spacial score (nSPS) is 12.8. The van der Waals surface area contributed by atoms with Crippen LogP contribution in [0, 0.1) is 0 Å². The fourth-order valence-electron chi connectivity index (χ4n) is 8.00. The zero-order chi connectivity index (χ0) is 49.2. The van der Waals surface area contributed by atoms with Gasteiger partial charge in [0.05, 0.1) is 6.61 Å². The van der Waals surface area contributed by atoms with E-state index in [1.165, 1.54) is 154 Å². The van der Waals surface area contributed by atoms with E-state index in [-0.39, 0.29) is 25.2 Å². The quantitative estimate of drug-likeness (QED) is 0.0345. The average Bonchev–Trinajstić information content (AvgIpc) is 3.34. The van der Waals surface area contributed by atoms with Crippen LogP contribution >= 0.6 is 0 Å². The first kappa shape index (κ1) is 65.1. The maximum atomic E-state index is 12.8. The lowest BCUT2D eigenvalue weighted by atomic mass is 10.1. The van der Waals surface area contributed by atoms with E-state index >= 15 is 0 Å². The van der Waals surface area contributed by atoms with Crippen LogP contribution < -0.4 is 0 Å². The lowest BCUT2D eigenvalue weighted by molar-refractivity contribution is -0.163. The van der Waals surface area contributed by atoms with E-state index < -0.39 is 6.10 Å². The van der Waals surface area contributed by atoms with Gasteiger partial charge >= 0.3 is 11.9 Å². The van der Waals surface area contributed by atoms with E-state index in [2.05, 4.69) is 106 Å². The number of hydrogen-bond donors (Lipinski definition) is 0. The van der Waals surface area contributed by atoms with Crippen molar-refractivity contribution < 1.29 is 23.8 Å². The molecule has 5 nitrogen and oxygen atoms in total. The zero-order valence-electron chi connectivity index (χ0n) is 45.1. The number of hydrogen-bond acceptors (Lipinski definition) is 5. The van der Waals surface area contributed by atoms with Gasteiger partial charge in [-0.3, -0.25) is 9.59 Å². The van der Waals surface area contributed by atoms with Gasteiger partial charge in [0, 0.05) is 19.4 Å². The molecule has 0 radical (unpaired) electrons. The first-order valence-corrected chi connectivity index (χ1v) is 29.1. The summed E-state index contributed by atoms with van der Waals surface area (Å²) in [5, 5.41) is 0. The summed E-state index contributed by atoms with van der Waals surface area (Å²) in [7, 11) is 0. The third-order valence-corrected chi connectivity index (χ3v) is 12.4. The first-order valence-electron chi connectivity index (χ1n) is 29.1. The molecule has 0 spiro atoms. The molecule has 0 saturated carbocycles. The van der Waals surface area contributed by atoms with Crippen LogP contribution in [-0.2, 0) is 23.8 Å². The summed E-state index contributed by atoms with van der Waals surface area (Å²) in [5.74, 6) is -0.420. The topological polar surface area (TPSA) is 61.8 Å². The fourth-order valence-corrected chi connectivity index (χ4v) is 8.00. The summed E-state index contributed by atoms with van der Waals surface area (Å²) >= 11 is 0. The van der Waals surface area contributed by atoms with Crippen LogP contribution in [0.5, 0.6) is 0 Å². The summed E-state index contributed by atoms with van der Waals surface area (Å²) in [4.78, 5) is 25.5. The maximum Gasteiger partial charge on any atom is 0.306 e. The Morgan fingerprint density at radius 3 is 1.04 bits per heavy atom. The Bertz CT molecular complexity index is 1250. The van der Waals surface area contributed by atoms with Gasteiger partial charge in [0.1, 0.15) is 6.61 Å². The number of rotatable bonds is 53. The number of unbranched alkanes of at least 4 members (excludes halogenated alkanes) is 28. The summed E-state index contributed by atoms with van der Waals surface area (Å²) in [6.07, 6.45) is 77.4. The van der Waals surface area contributed by atoms with Crippen LogP contribution in [-0.4, -0.2) is 37.9 Å². The molecule has 392 valence electrons. The highest BCUT2D eigenvalue weighted by Crippen LogP contribution is 2.14. The van der Waals surface area contributed by atoms with Crippen LogP contribution in [0.1, 0.15) is 278 Å². The second-order valence-electron chi connectivity index (χ2n) is 19.2. The molecule has 0 aliphatic rings. The lowest BCUT2D eigenvalue weighted by Gasteiger charge is -2.18. The Hall–Kier alpha value is -2.92. The molecule has 0 rings (SSSR count). The Morgan fingerprint density at radius 2 is 0.647 bits per heavy atom. The van der Waals surface area contributed by atoms with E-state index in [0.717, 1.165) is 89.9 Å². The van der Waals surface area contributed by atoms with Crippen molar-refractivity contribution in [2.45, 2.75) is 284 Å². The van der Waals surface area contributed by atoms with Crippen molar-refractivity contribution in [2.24, 2.45) is 0 Å². The molecule has 0 N–H and O–H groups in total. The molecule has 5 heteroatoms. The Morgan fingerprint density at radius 1 is 0.324 bits per heavy atom. The monoisotopic (exact) mass is 947 g/mol. The molecule has 68 heavy (non-hydrogen) atoms. The predicted octanol–water partition coefficient (Wildman–Crippen LogP) is 20.0. The Kier molecular flexibility index (Phi) is 55.9. The zero-order valence-corrected chi connectivity index (χ0v) is 45.1. The molecule has 0 aromatic carbocycles. The lowest BCUT2D eigenvalue weighted by Crippen LogP contribution is -2.30. The van der Waals surface area contributed by atoms with Crippen LogP contribution in [0.2, 0.25) is 0 Å². The third-order valence-electron chi connectivity index (χ3n) is 12.4. The number of carbonyl (C=O) groups excluding carboxylic acids is 2. The molecule has 0 aromatic rings. The van der Waals surface area contributed by atoms with E-state index in [0.29, 0.717) is 19.4 Å². The van der Waals surface area contributed by atoms with Crippen molar-refractivity contribution in [1.29, 1.82) is 0 Å². The fraction of sp³-hybridized carbons (Fsp3) is 0.746. The van der Waals surface area contributed by atoms with Crippen molar-refractivity contribution in [3.05, 3.63) is 85.1 Å². The molecule has 0 heterocycles. The first-order chi connectivity index (χ1) is 33.6. The minimum absolute atomic E-state index is 0.0706. The van der Waals surface area contributed by atoms with Gasteiger partial charge in [-0.2, -0.15) is 0 Å². The molecular weight excluding hydrogens is 837 g/mol.